The molecule has 0 spiro atoms. The van der Waals surface area contributed by atoms with Gasteiger partial charge in [-0.1, -0.05) is 6.07 Å². The van der Waals surface area contributed by atoms with Crippen LogP contribution in [0.3, 0.4) is 0 Å². The van der Waals surface area contributed by atoms with Gasteiger partial charge in [0.1, 0.15) is 5.82 Å². The molecule has 170 valence electrons. The van der Waals surface area contributed by atoms with Crippen LogP contribution in [0, 0.1) is 5.82 Å². The van der Waals surface area contributed by atoms with Crippen molar-refractivity contribution >= 4 is 39.2 Å². The van der Waals surface area contributed by atoms with E-state index >= 15 is 0 Å². The fourth-order valence-electron chi connectivity index (χ4n) is 3.66. The summed E-state index contributed by atoms with van der Waals surface area (Å²) >= 11 is 1.39. The van der Waals surface area contributed by atoms with Gasteiger partial charge in [0.2, 0.25) is 10.0 Å². The summed E-state index contributed by atoms with van der Waals surface area (Å²) in [5, 5.41) is 1.82. The molecular weight excluding hydrogens is 459 g/mol. The van der Waals surface area contributed by atoms with Gasteiger partial charge in [-0.25, -0.2) is 22.5 Å². The molecule has 0 N–H and O–H groups in total. The number of carbonyl (C=O) groups excluding carboxylic acids is 3. The van der Waals surface area contributed by atoms with Gasteiger partial charge in [-0.3, -0.25) is 19.4 Å². The number of halogens is 1. The molecule has 0 aliphatic carbocycles. The Labute approximate surface area is 188 Å². The van der Waals surface area contributed by atoms with Crippen molar-refractivity contribution in [1.82, 2.24) is 19.0 Å². The molecule has 4 rings (SSSR count). The Morgan fingerprint density at radius 2 is 1.62 bits per heavy atom. The van der Waals surface area contributed by atoms with Gasteiger partial charge in [-0.15, -0.1) is 11.3 Å². The highest BCUT2D eigenvalue weighted by Gasteiger charge is 2.45. The van der Waals surface area contributed by atoms with E-state index < -0.39 is 33.7 Å². The van der Waals surface area contributed by atoms with Gasteiger partial charge in [-0.05, 0) is 42.1 Å². The van der Waals surface area contributed by atoms with Crippen molar-refractivity contribution in [3.05, 3.63) is 52.5 Å². The lowest BCUT2D eigenvalue weighted by atomic mass is 10.4. The Morgan fingerprint density at radius 3 is 2.31 bits per heavy atom. The minimum Gasteiger partial charge on any atom is -0.284 e. The van der Waals surface area contributed by atoms with Crippen molar-refractivity contribution in [1.29, 1.82) is 0 Å². The second-order valence-electron chi connectivity index (χ2n) is 7.46. The number of amides is 4. The Bertz CT molecular complexity index is 1120. The summed E-state index contributed by atoms with van der Waals surface area (Å²) in [5.74, 6) is -2.26. The monoisotopic (exact) mass is 480 g/mol. The quantitative estimate of drug-likeness (QED) is 0.460. The molecule has 0 radical (unpaired) electrons. The lowest BCUT2D eigenvalue weighted by molar-refractivity contribution is -0.144. The van der Waals surface area contributed by atoms with E-state index in [-0.39, 0.29) is 37.7 Å². The predicted molar refractivity (Wildman–Crippen MR) is 113 cm³/mol. The Kier molecular flexibility index (Phi) is 6.38. The van der Waals surface area contributed by atoms with Crippen LogP contribution in [-0.4, -0.2) is 78.1 Å². The molecular formula is C20H21FN4O5S2. The highest BCUT2D eigenvalue weighted by molar-refractivity contribution is 7.89. The third-order valence-corrected chi connectivity index (χ3v) is 8.14. The SMILES string of the molecule is O=C1C(=O)N(CN2CCCN(S(=O)(=O)c3ccc(F)cc3)CC2)C(=O)N1Cc1cccs1. The lowest BCUT2D eigenvalue weighted by Crippen LogP contribution is -2.44. The molecule has 0 bridgehead atoms. The zero-order valence-corrected chi connectivity index (χ0v) is 18.6. The topological polar surface area (TPSA) is 98.3 Å². The van der Waals surface area contributed by atoms with Gasteiger partial charge in [0.05, 0.1) is 18.1 Å². The van der Waals surface area contributed by atoms with Gasteiger partial charge in [0.15, 0.2) is 0 Å². The minimum absolute atomic E-state index is 0.00654. The fourth-order valence-corrected chi connectivity index (χ4v) is 5.82. The summed E-state index contributed by atoms with van der Waals surface area (Å²) in [5.41, 5.74) is 0. The third kappa shape index (κ3) is 4.44. The lowest BCUT2D eigenvalue weighted by Gasteiger charge is -2.25. The summed E-state index contributed by atoms with van der Waals surface area (Å²) in [4.78, 5) is 41.8. The average molecular weight is 481 g/mol. The van der Waals surface area contributed by atoms with Crippen LogP contribution in [0.1, 0.15) is 11.3 Å². The van der Waals surface area contributed by atoms with Crippen molar-refractivity contribution in [2.24, 2.45) is 0 Å². The first-order valence-corrected chi connectivity index (χ1v) is 12.3. The molecule has 0 atom stereocenters. The van der Waals surface area contributed by atoms with Crippen LogP contribution in [0.5, 0.6) is 0 Å². The molecule has 2 aliphatic heterocycles. The van der Waals surface area contributed by atoms with Crippen molar-refractivity contribution in [2.75, 3.05) is 32.8 Å². The van der Waals surface area contributed by atoms with Crippen LogP contribution in [-0.2, 0) is 26.2 Å². The second-order valence-corrected chi connectivity index (χ2v) is 10.4. The van der Waals surface area contributed by atoms with Crippen LogP contribution >= 0.6 is 11.3 Å². The molecule has 4 amide bonds. The molecule has 2 aromatic rings. The summed E-state index contributed by atoms with van der Waals surface area (Å²) < 4.78 is 40.2. The first kappa shape index (κ1) is 22.5. The number of imide groups is 2. The van der Waals surface area contributed by atoms with Crippen LogP contribution in [0.15, 0.2) is 46.7 Å². The van der Waals surface area contributed by atoms with Gasteiger partial charge in [0.25, 0.3) is 0 Å². The van der Waals surface area contributed by atoms with E-state index in [1.54, 1.807) is 17.0 Å². The second kappa shape index (κ2) is 9.06. The third-order valence-electron chi connectivity index (χ3n) is 5.37. The van der Waals surface area contributed by atoms with Crippen LogP contribution in [0.2, 0.25) is 0 Å². The summed E-state index contributed by atoms with van der Waals surface area (Å²) in [6.07, 6.45) is 0.476. The molecule has 0 unspecified atom stereocenters. The maximum atomic E-state index is 13.1. The molecule has 3 heterocycles. The number of hydrogen-bond donors (Lipinski definition) is 0. The van der Waals surface area contributed by atoms with E-state index in [4.69, 9.17) is 0 Å². The smallest absolute Gasteiger partial charge is 0.284 e. The van der Waals surface area contributed by atoms with Gasteiger partial charge >= 0.3 is 17.8 Å². The zero-order chi connectivity index (χ0) is 22.9. The molecule has 2 fully saturated rings. The molecule has 32 heavy (non-hydrogen) atoms. The number of nitrogens with zero attached hydrogens (tertiary/aromatic N) is 4. The summed E-state index contributed by atoms with van der Waals surface area (Å²) in [6, 6.07) is 7.55. The number of carbonyl (C=O) groups is 3. The van der Waals surface area contributed by atoms with E-state index in [1.807, 2.05) is 5.38 Å². The minimum atomic E-state index is -3.79. The number of rotatable bonds is 6. The molecule has 2 saturated heterocycles. The van der Waals surface area contributed by atoms with E-state index in [0.717, 1.165) is 26.8 Å². The average Bonchev–Trinajstić information content (AvgIpc) is 3.25. The maximum absolute atomic E-state index is 13.1. The first-order valence-electron chi connectivity index (χ1n) is 9.95. The molecule has 2 aliphatic rings. The van der Waals surface area contributed by atoms with E-state index in [2.05, 4.69) is 0 Å². The Morgan fingerprint density at radius 1 is 0.906 bits per heavy atom. The van der Waals surface area contributed by atoms with Crippen molar-refractivity contribution in [3.8, 4) is 0 Å². The number of thiophene rings is 1. The molecule has 0 saturated carbocycles. The van der Waals surface area contributed by atoms with E-state index in [9.17, 15) is 27.2 Å². The first-order chi connectivity index (χ1) is 15.3. The normalized spacial score (nSPS) is 19.1. The van der Waals surface area contributed by atoms with Gasteiger partial charge < -0.3 is 0 Å². The van der Waals surface area contributed by atoms with Crippen LogP contribution in [0.4, 0.5) is 9.18 Å². The Balaban J connectivity index is 1.40. The van der Waals surface area contributed by atoms with Crippen molar-refractivity contribution < 1.29 is 27.2 Å². The van der Waals surface area contributed by atoms with Crippen molar-refractivity contribution in [3.63, 3.8) is 0 Å². The van der Waals surface area contributed by atoms with Gasteiger partial charge in [-0.2, -0.15) is 4.31 Å². The zero-order valence-electron chi connectivity index (χ0n) is 17.0. The van der Waals surface area contributed by atoms with Crippen LogP contribution in [0.25, 0.3) is 0 Å². The standard InChI is InChI=1S/C20H21FN4O5S2/c21-15-4-6-17(7-5-15)32(29,30)23-9-2-8-22(10-11-23)14-25-19(27)18(26)24(20(25)28)13-16-3-1-12-31-16/h1,3-7,12H,2,8-11,13-14H2. The molecule has 1 aromatic heterocycles. The fraction of sp³-hybridized carbons (Fsp3) is 0.350. The number of sulfonamides is 1. The summed E-state index contributed by atoms with van der Waals surface area (Å²) in [6.45, 7) is 1.07. The van der Waals surface area contributed by atoms with Crippen LogP contribution < -0.4 is 0 Å². The molecule has 1 aromatic carbocycles. The maximum Gasteiger partial charge on any atom is 0.335 e. The number of hydrogen-bond acceptors (Lipinski definition) is 7. The highest BCUT2D eigenvalue weighted by Crippen LogP contribution is 2.21. The van der Waals surface area contributed by atoms with Crippen molar-refractivity contribution in [2.45, 2.75) is 17.9 Å². The number of urea groups is 1. The largest absolute Gasteiger partial charge is 0.335 e. The van der Waals surface area contributed by atoms with E-state index in [1.165, 1.54) is 27.8 Å². The molecule has 12 heteroatoms. The van der Waals surface area contributed by atoms with E-state index in [0.29, 0.717) is 13.0 Å². The molecule has 9 nitrogen and oxygen atoms in total. The highest BCUT2D eigenvalue weighted by atomic mass is 32.2. The van der Waals surface area contributed by atoms with Gasteiger partial charge in [0, 0.05) is 31.1 Å². The summed E-state index contributed by atoms with van der Waals surface area (Å²) in [7, 11) is -3.79. The Hall–Kier alpha value is -2.67. The number of benzene rings is 1. The predicted octanol–water partition coefficient (Wildman–Crippen LogP) is 1.53.